The van der Waals surface area contributed by atoms with Gasteiger partial charge in [0.2, 0.25) is 0 Å². The van der Waals surface area contributed by atoms with Gasteiger partial charge in [-0.1, -0.05) is 11.6 Å². The number of hydrogen-bond acceptors (Lipinski definition) is 1. The average Bonchev–Trinajstić information content (AvgIpc) is 2.46. The van der Waals surface area contributed by atoms with E-state index in [-0.39, 0.29) is 10.8 Å². The van der Waals surface area contributed by atoms with Crippen LogP contribution < -0.4 is 0 Å². The van der Waals surface area contributed by atoms with E-state index in [4.69, 9.17) is 11.6 Å². The normalized spacial score (nSPS) is 10.8. The molecule has 1 nitrogen and oxygen atoms in total. The summed E-state index contributed by atoms with van der Waals surface area (Å²) in [6.07, 6.45) is 0. The summed E-state index contributed by atoms with van der Waals surface area (Å²) in [6, 6.07) is 4.19. The third-order valence-electron chi connectivity index (χ3n) is 4.41. The van der Waals surface area contributed by atoms with Crippen LogP contribution in [0.25, 0.3) is 0 Å². The largest absolute Gasteiger partial charge is 0.289 e. The average molecular weight is 305 g/mol. The van der Waals surface area contributed by atoms with Crippen LogP contribution in [0, 0.1) is 40.4 Å². The van der Waals surface area contributed by atoms with Crippen molar-refractivity contribution in [2.45, 2.75) is 34.6 Å². The second kappa shape index (κ2) is 5.61. The summed E-state index contributed by atoms with van der Waals surface area (Å²) >= 11 is 5.68. The topological polar surface area (TPSA) is 17.1 Å². The maximum Gasteiger partial charge on any atom is 0.193 e. The lowest BCUT2D eigenvalue weighted by Crippen LogP contribution is -2.11. The van der Waals surface area contributed by atoms with Gasteiger partial charge in [0.1, 0.15) is 5.82 Å². The second-order valence-electron chi connectivity index (χ2n) is 5.46. The molecule has 0 amide bonds. The third-order valence-corrected chi connectivity index (χ3v) is 4.72. The number of carbonyl (C=O) groups is 1. The highest BCUT2D eigenvalue weighted by molar-refractivity contribution is 6.30. The number of rotatable bonds is 2. The summed E-state index contributed by atoms with van der Waals surface area (Å²) in [7, 11) is 0. The first kappa shape index (κ1) is 15.7. The molecule has 0 radical (unpaired) electrons. The lowest BCUT2D eigenvalue weighted by molar-refractivity contribution is 0.103. The van der Waals surface area contributed by atoms with Crippen molar-refractivity contribution >= 4 is 17.4 Å². The zero-order chi connectivity index (χ0) is 15.9. The fraction of sp³-hybridized carbons (Fsp3) is 0.278. The van der Waals surface area contributed by atoms with Gasteiger partial charge in [0.15, 0.2) is 5.78 Å². The van der Waals surface area contributed by atoms with Crippen LogP contribution in [0.15, 0.2) is 18.2 Å². The van der Waals surface area contributed by atoms with Crippen LogP contribution in [-0.4, -0.2) is 5.78 Å². The number of ketones is 1. The summed E-state index contributed by atoms with van der Waals surface area (Å²) in [5, 5.41) is 0.0243. The molecule has 0 saturated heterocycles. The smallest absolute Gasteiger partial charge is 0.193 e. The van der Waals surface area contributed by atoms with Gasteiger partial charge in [0.25, 0.3) is 0 Å². The van der Waals surface area contributed by atoms with Crippen molar-refractivity contribution < 1.29 is 9.18 Å². The molecular formula is C18H18ClFO. The lowest BCUT2D eigenvalue weighted by atomic mass is 9.86. The molecule has 2 aromatic rings. The van der Waals surface area contributed by atoms with Crippen LogP contribution in [0.3, 0.4) is 0 Å². The molecule has 21 heavy (non-hydrogen) atoms. The molecule has 2 rings (SSSR count). The Morgan fingerprint density at radius 1 is 0.905 bits per heavy atom. The summed E-state index contributed by atoms with van der Waals surface area (Å²) < 4.78 is 13.6. The van der Waals surface area contributed by atoms with E-state index in [0.717, 1.165) is 22.3 Å². The van der Waals surface area contributed by atoms with Crippen LogP contribution in [0.4, 0.5) is 4.39 Å². The Labute approximate surface area is 129 Å². The highest BCUT2D eigenvalue weighted by Crippen LogP contribution is 2.28. The Morgan fingerprint density at radius 3 is 1.86 bits per heavy atom. The van der Waals surface area contributed by atoms with Gasteiger partial charge in [-0.2, -0.15) is 0 Å². The molecule has 0 bridgehead atoms. The molecule has 0 aliphatic carbocycles. The predicted octanol–water partition coefficient (Wildman–Crippen LogP) is 5.25. The molecule has 0 spiro atoms. The molecule has 0 N–H and O–H groups in total. The minimum absolute atomic E-state index is 0.0243. The van der Waals surface area contributed by atoms with Gasteiger partial charge in [-0.15, -0.1) is 0 Å². The SMILES string of the molecule is Cc1c(C)c(C)c(C(=O)c2ccc(Cl)c(F)c2)c(C)c1C. The van der Waals surface area contributed by atoms with Gasteiger partial charge < -0.3 is 0 Å². The Balaban J connectivity index is 2.66. The Bertz CT molecular complexity index is 718. The van der Waals surface area contributed by atoms with Crippen molar-refractivity contribution in [3.63, 3.8) is 0 Å². The van der Waals surface area contributed by atoms with Gasteiger partial charge in [-0.05, 0) is 80.6 Å². The molecule has 0 fully saturated rings. The van der Waals surface area contributed by atoms with Crippen LogP contribution in [0.2, 0.25) is 5.02 Å². The predicted molar refractivity (Wildman–Crippen MR) is 85.0 cm³/mol. The first-order valence-electron chi connectivity index (χ1n) is 6.82. The van der Waals surface area contributed by atoms with Gasteiger partial charge >= 0.3 is 0 Å². The van der Waals surface area contributed by atoms with Crippen molar-refractivity contribution in [3.8, 4) is 0 Å². The maximum absolute atomic E-state index is 13.6. The summed E-state index contributed by atoms with van der Waals surface area (Å²) in [5.74, 6) is -0.731. The highest BCUT2D eigenvalue weighted by Gasteiger charge is 2.20. The van der Waals surface area contributed by atoms with Crippen molar-refractivity contribution in [2.24, 2.45) is 0 Å². The molecule has 2 aromatic carbocycles. The Morgan fingerprint density at radius 2 is 1.38 bits per heavy atom. The van der Waals surface area contributed by atoms with Crippen LogP contribution >= 0.6 is 11.6 Å². The summed E-state index contributed by atoms with van der Waals surface area (Å²) in [6.45, 7) is 9.95. The molecule has 0 aliphatic rings. The minimum Gasteiger partial charge on any atom is -0.289 e. The van der Waals surface area contributed by atoms with E-state index in [0.29, 0.717) is 11.1 Å². The van der Waals surface area contributed by atoms with E-state index in [2.05, 4.69) is 6.92 Å². The number of hydrogen-bond donors (Lipinski definition) is 0. The fourth-order valence-electron chi connectivity index (χ4n) is 2.62. The van der Waals surface area contributed by atoms with E-state index < -0.39 is 5.82 Å². The van der Waals surface area contributed by atoms with E-state index in [1.54, 1.807) is 6.07 Å². The Kier molecular flexibility index (Phi) is 4.20. The maximum atomic E-state index is 13.6. The molecule has 0 aromatic heterocycles. The summed E-state index contributed by atoms with van der Waals surface area (Å²) in [4.78, 5) is 12.8. The van der Waals surface area contributed by atoms with E-state index in [1.807, 2.05) is 27.7 Å². The van der Waals surface area contributed by atoms with Gasteiger partial charge in [0.05, 0.1) is 5.02 Å². The monoisotopic (exact) mass is 304 g/mol. The molecule has 0 unspecified atom stereocenters. The Hall–Kier alpha value is -1.67. The molecule has 0 aliphatic heterocycles. The lowest BCUT2D eigenvalue weighted by Gasteiger charge is -2.18. The number of carbonyl (C=O) groups excluding carboxylic acids is 1. The van der Waals surface area contributed by atoms with E-state index in [1.165, 1.54) is 17.7 Å². The second-order valence-corrected chi connectivity index (χ2v) is 5.87. The molecule has 0 saturated carbocycles. The first-order chi connectivity index (χ1) is 9.75. The van der Waals surface area contributed by atoms with Crippen molar-refractivity contribution in [1.29, 1.82) is 0 Å². The van der Waals surface area contributed by atoms with Gasteiger partial charge in [-0.25, -0.2) is 4.39 Å². The molecule has 110 valence electrons. The molecular weight excluding hydrogens is 287 g/mol. The van der Waals surface area contributed by atoms with Crippen LogP contribution in [0.5, 0.6) is 0 Å². The van der Waals surface area contributed by atoms with E-state index >= 15 is 0 Å². The fourth-order valence-corrected chi connectivity index (χ4v) is 2.74. The van der Waals surface area contributed by atoms with Crippen LogP contribution in [-0.2, 0) is 0 Å². The van der Waals surface area contributed by atoms with Crippen LogP contribution in [0.1, 0.15) is 43.7 Å². The number of halogens is 2. The minimum atomic E-state index is -0.571. The molecule has 3 heteroatoms. The van der Waals surface area contributed by atoms with Crippen molar-refractivity contribution in [2.75, 3.05) is 0 Å². The van der Waals surface area contributed by atoms with Gasteiger partial charge in [0, 0.05) is 11.1 Å². The highest BCUT2D eigenvalue weighted by atomic mass is 35.5. The number of benzene rings is 2. The zero-order valence-corrected chi connectivity index (χ0v) is 13.7. The standard InChI is InChI=1S/C18H18ClFO/c1-9-10(2)12(4)17(13(5)11(9)3)18(21)14-6-7-15(19)16(20)8-14/h6-8H,1-5H3. The quantitative estimate of drug-likeness (QED) is 0.692. The van der Waals surface area contributed by atoms with Crippen molar-refractivity contribution in [3.05, 3.63) is 68.0 Å². The van der Waals surface area contributed by atoms with Gasteiger partial charge in [-0.3, -0.25) is 4.79 Å². The molecule has 0 atom stereocenters. The van der Waals surface area contributed by atoms with Crippen molar-refractivity contribution in [1.82, 2.24) is 0 Å². The first-order valence-corrected chi connectivity index (χ1v) is 7.20. The summed E-state index contributed by atoms with van der Waals surface area (Å²) in [5.41, 5.74) is 6.31. The molecule has 0 heterocycles. The zero-order valence-electron chi connectivity index (χ0n) is 12.9. The van der Waals surface area contributed by atoms with E-state index in [9.17, 15) is 9.18 Å². The third kappa shape index (κ3) is 2.60.